The molecule has 2 aromatic rings. The molecule has 2 amide bonds. The maximum absolute atomic E-state index is 13.5. The number of halogens is 2. The first-order valence-corrected chi connectivity index (χ1v) is 11.6. The first kappa shape index (κ1) is 24.3. The van der Waals surface area contributed by atoms with Crippen molar-refractivity contribution in [3.63, 3.8) is 0 Å². The fourth-order valence-electron chi connectivity index (χ4n) is 3.51. The molecule has 1 atom stereocenters. The molecule has 1 aliphatic heterocycles. The molecule has 6 nitrogen and oxygen atoms in total. The molecule has 170 valence electrons. The summed E-state index contributed by atoms with van der Waals surface area (Å²) in [5.74, 6) is -0.829. The Morgan fingerprint density at radius 3 is 2.47 bits per heavy atom. The summed E-state index contributed by atoms with van der Waals surface area (Å²) in [5, 5.41) is 3.39. The summed E-state index contributed by atoms with van der Waals surface area (Å²) in [4.78, 5) is 40.1. The zero-order valence-electron chi connectivity index (χ0n) is 18.3. The summed E-state index contributed by atoms with van der Waals surface area (Å²) in [6.45, 7) is 5.86. The summed E-state index contributed by atoms with van der Waals surface area (Å²) in [6.07, 6.45) is 1.42. The monoisotopic (exact) mass is 520 g/mol. The van der Waals surface area contributed by atoms with Crippen LogP contribution >= 0.6 is 27.5 Å². The van der Waals surface area contributed by atoms with Crippen LogP contribution in [0.15, 0.2) is 46.9 Å². The molecule has 0 fully saturated rings. The number of rotatable bonds is 6. The quantitative estimate of drug-likeness (QED) is 0.406. The zero-order chi connectivity index (χ0) is 23.5. The van der Waals surface area contributed by atoms with Crippen molar-refractivity contribution in [1.82, 2.24) is 5.32 Å². The van der Waals surface area contributed by atoms with Crippen LogP contribution in [0.25, 0.3) is 0 Å². The van der Waals surface area contributed by atoms with Crippen LogP contribution in [-0.4, -0.2) is 29.9 Å². The van der Waals surface area contributed by atoms with Gasteiger partial charge in [0.1, 0.15) is 11.6 Å². The van der Waals surface area contributed by atoms with E-state index in [2.05, 4.69) is 21.2 Å². The number of hydrogen-bond acceptors (Lipinski definition) is 4. The van der Waals surface area contributed by atoms with E-state index in [1.54, 1.807) is 47.4 Å². The van der Waals surface area contributed by atoms with E-state index < -0.39 is 11.6 Å². The van der Waals surface area contributed by atoms with Crippen LogP contribution in [0.3, 0.4) is 0 Å². The topological polar surface area (TPSA) is 75.7 Å². The number of ether oxygens (including phenoxy) is 1. The van der Waals surface area contributed by atoms with E-state index in [1.807, 2.05) is 20.8 Å². The fourth-order valence-corrected chi connectivity index (χ4v) is 4.00. The highest BCUT2D eigenvalue weighted by Crippen LogP contribution is 2.32. The van der Waals surface area contributed by atoms with Gasteiger partial charge in [0.2, 0.25) is 0 Å². The van der Waals surface area contributed by atoms with Crippen LogP contribution in [0.4, 0.5) is 5.69 Å². The van der Waals surface area contributed by atoms with E-state index in [0.717, 1.165) is 4.47 Å². The maximum Gasteiger partial charge on any atom is 0.306 e. The molecule has 32 heavy (non-hydrogen) atoms. The van der Waals surface area contributed by atoms with Crippen LogP contribution in [0.2, 0.25) is 5.02 Å². The van der Waals surface area contributed by atoms with Gasteiger partial charge >= 0.3 is 5.97 Å². The summed E-state index contributed by atoms with van der Waals surface area (Å²) in [7, 11) is 0. The van der Waals surface area contributed by atoms with Crippen molar-refractivity contribution in [1.29, 1.82) is 0 Å². The lowest BCUT2D eigenvalue weighted by Crippen LogP contribution is -2.40. The number of fused-ring (bicyclic) bond motifs is 1. The van der Waals surface area contributed by atoms with E-state index in [0.29, 0.717) is 41.2 Å². The minimum absolute atomic E-state index is 0.237. The van der Waals surface area contributed by atoms with Crippen molar-refractivity contribution in [3.8, 4) is 0 Å². The van der Waals surface area contributed by atoms with Gasteiger partial charge in [-0.25, -0.2) is 0 Å². The zero-order valence-corrected chi connectivity index (χ0v) is 20.6. The van der Waals surface area contributed by atoms with Gasteiger partial charge in [-0.15, -0.1) is 0 Å². The number of unbranched alkanes of at least 4 members (excludes halogenated alkanes) is 1. The second-order valence-corrected chi connectivity index (χ2v) is 10.0. The molecule has 0 saturated carbocycles. The highest BCUT2D eigenvalue weighted by atomic mass is 79.9. The van der Waals surface area contributed by atoms with Crippen molar-refractivity contribution in [3.05, 3.63) is 63.1 Å². The third-order valence-corrected chi connectivity index (χ3v) is 5.66. The molecule has 0 radical (unpaired) electrons. The van der Waals surface area contributed by atoms with Gasteiger partial charge in [0.25, 0.3) is 11.8 Å². The predicted octanol–water partition coefficient (Wildman–Crippen LogP) is 5.43. The number of esters is 1. The van der Waals surface area contributed by atoms with E-state index in [1.165, 1.54) is 0 Å². The number of benzene rings is 2. The molecule has 0 spiro atoms. The van der Waals surface area contributed by atoms with Gasteiger partial charge < -0.3 is 15.0 Å². The molecular formula is C24H26BrClN2O4. The van der Waals surface area contributed by atoms with Crippen molar-refractivity contribution >= 4 is 51.0 Å². The molecule has 0 aliphatic carbocycles. The average Bonchev–Trinajstić information content (AvgIpc) is 2.80. The van der Waals surface area contributed by atoms with Crippen molar-refractivity contribution in [2.75, 3.05) is 11.4 Å². The van der Waals surface area contributed by atoms with Crippen LogP contribution in [0.5, 0.6) is 0 Å². The van der Waals surface area contributed by atoms with E-state index >= 15 is 0 Å². The number of amides is 2. The highest BCUT2D eigenvalue weighted by Gasteiger charge is 2.34. The standard InChI is InChI=1S/C24H26BrClN2O4/c1-24(2,3)32-20(29)6-4-5-13-28-19-12-9-16(25)14-18(19)22(30)27-21(23(28)31)15-7-10-17(26)11-8-15/h7-12,14,21H,4-6,13H2,1-3H3,(H,27,30). The number of carbonyl (C=O) groups is 3. The van der Waals surface area contributed by atoms with Gasteiger partial charge in [0.05, 0.1) is 11.3 Å². The SMILES string of the molecule is CC(C)(C)OC(=O)CCCCN1C(=O)C(c2ccc(Cl)cc2)NC(=O)c2cc(Br)ccc21. The van der Waals surface area contributed by atoms with E-state index in [9.17, 15) is 14.4 Å². The van der Waals surface area contributed by atoms with Gasteiger partial charge in [-0.2, -0.15) is 0 Å². The molecule has 0 aromatic heterocycles. The van der Waals surface area contributed by atoms with Crippen LogP contribution < -0.4 is 10.2 Å². The summed E-state index contributed by atoms with van der Waals surface area (Å²) < 4.78 is 6.09. The molecule has 8 heteroatoms. The molecular weight excluding hydrogens is 496 g/mol. The number of nitrogens with zero attached hydrogens (tertiary/aromatic N) is 1. The first-order valence-electron chi connectivity index (χ1n) is 10.4. The molecule has 0 saturated heterocycles. The van der Waals surface area contributed by atoms with Gasteiger partial charge in [-0.1, -0.05) is 39.7 Å². The van der Waals surface area contributed by atoms with Crippen LogP contribution in [0.1, 0.15) is 62.0 Å². The lowest BCUT2D eigenvalue weighted by molar-refractivity contribution is -0.154. The Morgan fingerprint density at radius 1 is 1.12 bits per heavy atom. The number of nitrogens with one attached hydrogen (secondary N) is 1. The summed E-state index contributed by atoms with van der Waals surface area (Å²) in [5.41, 5.74) is 1.08. The highest BCUT2D eigenvalue weighted by molar-refractivity contribution is 9.10. The third kappa shape index (κ3) is 6.11. The summed E-state index contributed by atoms with van der Waals surface area (Å²) >= 11 is 9.39. The maximum atomic E-state index is 13.5. The third-order valence-electron chi connectivity index (χ3n) is 4.92. The number of hydrogen-bond donors (Lipinski definition) is 1. The van der Waals surface area contributed by atoms with Crippen LogP contribution in [-0.2, 0) is 14.3 Å². The van der Waals surface area contributed by atoms with E-state index in [4.69, 9.17) is 16.3 Å². The number of carbonyl (C=O) groups excluding carboxylic acids is 3. The molecule has 0 bridgehead atoms. The Labute approximate surface area is 201 Å². The molecule has 3 rings (SSSR count). The summed E-state index contributed by atoms with van der Waals surface area (Å²) in [6, 6.07) is 11.3. The second-order valence-electron chi connectivity index (χ2n) is 8.65. The van der Waals surface area contributed by atoms with Crippen molar-refractivity contribution in [2.24, 2.45) is 0 Å². The Kier molecular flexibility index (Phi) is 7.62. The van der Waals surface area contributed by atoms with Gasteiger partial charge in [0, 0.05) is 22.5 Å². The number of anilines is 1. The Bertz CT molecular complexity index is 1020. The minimum atomic E-state index is -0.836. The largest absolute Gasteiger partial charge is 0.460 e. The molecule has 1 unspecified atom stereocenters. The van der Waals surface area contributed by atoms with Crippen molar-refractivity contribution in [2.45, 2.75) is 51.7 Å². The normalized spacial score (nSPS) is 16.3. The lowest BCUT2D eigenvalue weighted by atomic mass is 10.1. The molecule has 2 aromatic carbocycles. The van der Waals surface area contributed by atoms with Gasteiger partial charge in [-0.3, -0.25) is 14.4 Å². The first-order chi connectivity index (χ1) is 15.0. The van der Waals surface area contributed by atoms with Crippen molar-refractivity contribution < 1.29 is 19.1 Å². The molecule has 1 aliphatic rings. The predicted molar refractivity (Wildman–Crippen MR) is 128 cm³/mol. The van der Waals surface area contributed by atoms with Gasteiger partial charge in [-0.05, 0) is 69.5 Å². The van der Waals surface area contributed by atoms with Crippen LogP contribution in [0, 0.1) is 0 Å². The fraction of sp³-hybridized carbons (Fsp3) is 0.375. The second kappa shape index (κ2) is 10.0. The Hall–Kier alpha value is -2.38. The molecule has 1 heterocycles. The van der Waals surface area contributed by atoms with Gasteiger partial charge in [0.15, 0.2) is 0 Å². The van der Waals surface area contributed by atoms with E-state index in [-0.39, 0.29) is 24.2 Å². The Morgan fingerprint density at radius 2 is 1.81 bits per heavy atom. The lowest BCUT2D eigenvalue weighted by Gasteiger charge is -2.26. The minimum Gasteiger partial charge on any atom is -0.460 e. The average molecular weight is 522 g/mol. The Balaban J connectivity index is 1.81. The molecule has 1 N–H and O–H groups in total. The smallest absolute Gasteiger partial charge is 0.306 e.